The Labute approximate surface area is 136 Å². The number of Topliss-reactive ketones (excluding diaryl/α,β-unsaturated/α-hetero) is 1. The number of hydrogen-bond donors (Lipinski definition) is 2. The van der Waals surface area contributed by atoms with Crippen molar-refractivity contribution in [1.29, 1.82) is 0 Å². The zero-order chi connectivity index (χ0) is 16.1. The SMILES string of the molecule is O=C(CN1CCN(C(=O)Nc2ccccc2)CC1)[C@@H]1CCCN1. The summed E-state index contributed by atoms with van der Waals surface area (Å²) in [6, 6.07) is 9.44. The highest BCUT2D eigenvalue weighted by Gasteiger charge is 2.26. The average Bonchev–Trinajstić information content (AvgIpc) is 3.11. The molecular weight excluding hydrogens is 292 g/mol. The molecule has 0 saturated carbocycles. The second-order valence-electron chi connectivity index (χ2n) is 6.17. The maximum Gasteiger partial charge on any atom is 0.321 e. The fraction of sp³-hybridized carbons (Fsp3) is 0.529. The Morgan fingerprint density at radius 3 is 2.52 bits per heavy atom. The predicted octanol–water partition coefficient (Wildman–Crippen LogP) is 1.16. The summed E-state index contributed by atoms with van der Waals surface area (Å²) in [4.78, 5) is 28.4. The molecule has 0 radical (unpaired) electrons. The highest BCUT2D eigenvalue weighted by molar-refractivity contribution is 5.89. The van der Waals surface area contributed by atoms with Crippen molar-refractivity contribution in [3.8, 4) is 0 Å². The molecule has 1 atom stereocenters. The molecule has 2 heterocycles. The molecule has 0 unspecified atom stereocenters. The van der Waals surface area contributed by atoms with Gasteiger partial charge in [0.25, 0.3) is 0 Å². The van der Waals surface area contributed by atoms with Gasteiger partial charge < -0.3 is 15.5 Å². The van der Waals surface area contributed by atoms with Crippen molar-refractivity contribution in [2.24, 2.45) is 0 Å². The van der Waals surface area contributed by atoms with E-state index in [1.54, 1.807) is 0 Å². The molecule has 0 aromatic heterocycles. The van der Waals surface area contributed by atoms with E-state index in [-0.39, 0.29) is 17.9 Å². The minimum atomic E-state index is -0.0698. The van der Waals surface area contributed by atoms with Crippen LogP contribution < -0.4 is 10.6 Å². The lowest BCUT2D eigenvalue weighted by atomic mass is 10.1. The van der Waals surface area contributed by atoms with Gasteiger partial charge in [0.05, 0.1) is 12.6 Å². The van der Waals surface area contributed by atoms with E-state index in [1.807, 2.05) is 35.2 Å². The zero-order valence-electron chi connectivity index (χ0n) is 13.3. The number of nitrogens with zero attached hydrogens (tertiary/aromatic N) is 2. The standard InChI is InChI=1S/C17H24N4O2/c22-16(15-7-4-8-18-15)13-20-9-11-21(12-10-20)17(23)19-14-5-2-1-3-6-14/h1-3,5-6,15,18H,4,7-13H2,(H,19,23)/t15-/m0/s1. The lowest BCUT2D eigenvalue weighted by Gasteiger charge is -2.34. The quantitative estimate of drug-likeness (QED) is 0.875. The van der Waals surface area contributed by atoms with E-state index in [0.29, 0.717) is 19.6 Å². The molecule has 2 N–H and O–H groups in total. The molecule has 23 heavy (non-hydrogen) atoms. The normalized spacial score (nSPS) is 22.1. The van der Waals surface area contributed by atoms with E-state index in [2.05, 4.69) is 15.5 Å². The number of para-hydroxylation sites is 1. The number of nitrogens with one attached hydrogen (secondary N) is 2. The van der Waals surface area contributed by atoms with E-state index in [1.165, 1.54) is 0 Å². The molecule has 3 rings (SSSR count). The molecule has 2 amide bonds. The van der Waals surface area contributed by atoms with Crippen LogP contribution in [0.1, 0.15) is 12.8 Å². The van der Waals surface area contributed by atoms with Crippen molar-refractivity contribution in [3.05, 3.63) is 30.3 Å². The smallest absolute Gasteiger partial charge is 0.321 e. The highest BCUT2D eigenvalue weighted by atomic mass is 16.2. The number of benzene rings is 1. The Balaban J connectivity index is 1.42. The lowest BCUT2D eigenvalue weighted by Crippen LogP contribution is -2.52. The molecule has 1 aromatic rings. The van der Waals surface area contributed by atoms with Gasteiger partial charge in [0.2, 0.25) is 0 Å². The summed E-state index contributed by atoms with van der Waals surface area (Å²) >= 11 is 0. The van der Waals surface area contributed by atoms with Crippen molar-refractivity contribution in [2.45, 2.75) is 18.9 Å². The van der Waals surface area contributed by atoms with Crippen LogP contribution >= 0.6 is 0 Å². The predicted molar refractivity (Wildman–Crippen MR) is 89.5 cm³/mol. The maximum absolute atomic E-state index is 12.2. The van der Waals surface area contributed by atoms with Gasteiger partial charge in [0.1, 0.15) is 0 Å². The molecular formula is C17H24N4O2. The molecule has 6 heteroatoms. The number of amides is 2. The minimum absolute atomic E-state index is 0.0365. The van der Waals surface area contributed by atoms with Gasteiger partial charge in [-0.3, -0.25) is 9.69 Å². The van der Waals surface area contributed by atoms with Gasteiger partial charge in [0, 0.05) is 31.9 Å². The molecule has 2 fully saturated rings. The van der Waals surface area contributed by atoms with E-state index in [4.69, 9.17) is 0 Å². The van der Waals surface area contributed by atoms with Crippen molar-refractivity contribution in [2.75, 3.05) is 44.6 Å². The Kier molecular flexibility index (Phi) is 5.25. The van der Waals surface area contributed by atoms with Gasteiger partial charge in [-0.2, -0.15) is 0 Å². The van der Waals surface area contributed by atoms with Crippen LogP contribution in [0.15, 0.2) is 30.3 Å². The number of carbonyl (C=O) groups is 2. The first-order chi connectivity index (χ1) is 11.2. The molecule has 0 aliphatic carbocycles. The van der Waals surface area contributed by atoms with Crippen LogP contribution in [0.5, 0.6) is 0 Å². The Hall–Kier alpha value is -1.92. The second-order valence-corrected chi connectivity index (χ2v) is 6.17. The zero-order valence-corrected chi connectivity index (χ0v) is 13.3. The maximum atomic E-state index is 12.2. The van der Waals surface area contributed by atoms with Crippen molar-refractivity contribution in [1.82, 2.24) is 15.1 Å². The van der Waals surface area contributed by atoms with Crippen molar-refractivity contribution in [3.63, 3.8) is 0 Å². The first-order valence-electron chi connectivity index (χ1n) is 8.32. The number of ketones is 1. The second kappa shape index (κ2) is 7.57. The molecule has 6 nitrogen and oxygen atoms in total. The van der Waals surface area contributed by atoms with Crippen LogP contribution in [0.4, 0.5) is 10.5 Å². The number of hydrogen-bond acceptors (Lipinski definition) is 4. The topological polar surface area (TPSA) is 64.7 Å². The van der Waals surface area contributed by atoms with E-state index >= 15 is 0 Å². The Bertz CT molecular complexity index is 535. The Morgan fingerprint density at radius 1 is 1.13 bits per heavy atom. The summed E-state index contributed by atoms with van der Waals surface area (Å²) in [5.74, 6) is 0.282. The number of anilines is 1. The number of carbonyl (C=O) groups excluding carboxylic acids is 2. The van der Waals surface area contributed by atoms with Gasteiger partial charge >= 0.3 is 6.03 Å². The summed E-state index contributed by atoms with van der Waals surface area (Å²) < 4.78 is 0. The van der Waals surface area contributed by atoms with E-state index < -0.39 is 0 Å². The monoisotopic (exact) mass is 316 g/mol. The van der Waals surface area contributed by atoms with Crippen LogP contribution in [-0.4, -0.2) is 66.9 Å². The lowest BCUT2D eigenvalue weighted by molar-refractivity contribution is -0.122. The van der Waals surface area contributed by atoms with Gasteiger partial charge in [-0.1, -0.05) is 18.2 Å². The summed E-state index contributed by atoms with van der Waals surface area (Å²) in [6.07, 6.45) is 2.04. The molecule has 1 aromatic carbocycles. The van der Waals surface area contributed by atoms with E-state index in [0.717, 1.165) is 38.2 Å². The van der Waals surface area contributed by atoms with Crippen LogP contribution in [0.25, 0.3) is 0 Å². The van der Waals surface area contributed by atoms with Crippen LogP contribution in [0, 0.1) is 0 Å². The molecule has 2 saturated heterocycles. The summed E-state index contributed by atoms with van der Waals surface area (Å²) in [5.41, 5.74) is 0.808. The van der Waals surface area contributed by atoms with Gasteiger partial charge in [-0.05, 0) is 31.5 Å². The number of piperazine rings is 1. The molecule has 0 bridgehead atoms. The third-order valence-electron chi connectivity index (χ3n) is 4.51. The fourth-order valence-corrected chi connectivity index (χ4v) is 3.12. The molecule has 124 valence electrons. The molecule has 2 aliphatic rings. The Morgan fingerprint density at radius 2 is 1.87 bits per heavy atom. The summed E-state index contributed by atoms with van der Waals surface area (Å²) in [6.45, 7) is 4.26. The third-order valence-corrected chi connectivity index (χ3v) is 4.51. The van der Waals surface area contributed by atoms with Crippen LogP contribution in [0.3, 0.4) is 0 Å². The third kappa shape index (κ3) is 4.30. The minimum Gasteiger partial charge on any atom is -0.322 e. The summed E-state index contributed by atoms with van der Waals surface area (Å²) in [5, 5.41) is 6.15. The number of urea groups is 1. The van der Waals surface area contributed by atoms with Crippen molar-refractivity contribution >= 4 is 17.5 Å². The van der Waals surface area contributed by atoms with Crippen LogP contribution in [-0.2, 0) is 4.79 Å². The van der Waals surface area contributed by atoms with Crippen LogP contribution in [0.2, 0.25) is 0 Å². The van der Waals surface area contributed by atoms with Gasteiger partial charge in [0.15, 0.2) is 5.78 Å². The average molecular weight is 316 g/mol. The largest absolute Gasteiger partial charge is 0.322 e. The summed E-state index contributed by atoms with van der Waals surface area (Å²) in [7, 11) is 0. The highest BCUT2D eigenvalue weighted by Crippen LogP contribution is 2.10. The van der Waals surface area contributed by atoms with Crippen molar-refractivity contribution < 1.29 is 9.59 Å². The van der Waals surface area contributed by atoms with Gasteiger partial charge in [-0.15, -0.1) is 0 Å². The first-order valence-corrected chi connectivity index (χ1v) is 8.32. The van der Waals surface area contributed by atoms with E-state index in [9.17, 15) is 9.59 Å². The van der Waals surface area contributed by atoms with Gasteiger partial charge in [-0.25, -0.2) is 4.79 Å². The molecule has 2 aliphatic heterocycles. The molecule has 0 spiro atoms. The first kappa shape index (κ1) is 16.0. The number of rotatable bonds is 4. The fourth-order valence-electron chi connectivity index (χ4n) is 3.12.